The average molecular weight is 573 g/mol. The van der Waals surface area contributed by atoms with Gasteiger partial charge in [0.2, 0.25) is 11.8 Å². The van der Waals surface area contributed by atoms with Gasteiger partial charge in [0.05, 0.1) is 25.9 Å². The van der Waals surface area contributed by atoms with Crippen molar-refractivity contribution in [2.24, 2.45) is 23.2 Å². The van der Waals surface area contributed by atoms with Crippen molar-refractivity contribution in [1.29, 1.82) is 0 Å². The number of nitrogens with one attached hydrogen (secondary N) is 1. The van der Waals surface area contributed by atoms with E-state index in [1.165, 1.54) is 12.7 Å². The van der Waals surface area contributed by atoms with Gasteiger partial charge in [0, 0.05) is 24.6 Å². The Bertz CT molecular complexity index is 1270. The standard InChI is InChI=1S/C35H44N2O5/c1-24(2)29-21-30-35(34(40)41-3,32(42-29)27-17-18-27)22-28(33(39)37(30)23-26-15-8-5-9-16-26)20-31(38)36-19-11-10-14-25-12-6-4-7-13-25/h4-9,12-13,15-16,21,24,27-29,32H,10-11,14,17-20,22-23H2,1-3H3,(H,36,38)/t28-,29+,32+,35+/m0/s1. The zero-order chi connectivity index (χ0) is 29.7. The highest BCUT2D eigenvalue weighted by atomic mass is 16.5. The van der Waals surface area contributed by atoms with Gasteiger partial charge in [0.1, 0.15) is 5.41 Å². The Morgan fingerprint density at radius 1 is 1.02 bits per heavy atom. The lowest BCUT2D eigenvalue weighted by Crippen LogP contribution is -2.61. The van der Waals surface area contributed by atoms with Crippen molar-refractivity contribution < 1.29 is 23.9 Å². The molecule has 0 aromatic heterocycles. The molecule has 42 heavy (non-hydrogen) atoms. The zero-order valence-electron chi connectivity index (χ0n) is 25.1. The van der Waals surface area contributed by atoms with E-state index in [1.54, 1.807) is 4.90 Å². The molecule has 7 heteroatoms. The summed E-state index contributed by atoms with van der Waals surface area (Å²) < 4.78 is 12.1. The third-order valence-corrected chi connectivity index (χ3v) is 8.97. The average Bonchev–Trinajstić information content (AvgIpc) is 3.84. The number of aryl methyl sites for hydroxylation is 1. The number of piperidine rings is 1. The van der Waals surface area contributed by atoms with Crippen LogP contribution in [0, 0.1) is 23.2 Å². The SMILES string of the molecule is COC(=O)[C@]12C[C@H](CC(=O)NCCCCc3ccccc3)C(=O)N(Cc3ccccc3)C1=C[C@H](C(C)C)O[C@@H]2C1CC1. The minimum absolute atomic E-state index is 0.0276. The molecule has 2 amide bonds. The van der Waals surface area contributed by atoms with Gasteiger partial charge in [0.25, 0.3) is 0 Å². The molecular formula is C35H44N2O5. The molecule has 1 aliphatic carbocycles. The second-order valence-corrected chi connectivity index (χ2v) is 12.4. The van der Waals surface area contributed by atoms with Crippen LogP contribution in [0.5, 0.6) is 0 Å². The number of esters is 1. The van der Waals surface area contributed by atoms with Gasteiger partial charge in [0.15, 0.2) is 0 Å². The Kier molecular flexibility index (Phi) is 9.47. The maximum Gasteiger partial charge on any atom is 0.320 e. The van der Waals surface area contributed by atoms with E-state index in [0.29, 0.717) is 18.8 Å². The fourth-order valence-corrected chi connectivity index (χ4v) is 6.60. The Labute approximate surface area is 249 Å². The third kappa shape index (κ3) is 6.46. The summed E-state index contributed by atoms with van der Waals surface area (Å²) in [5.74, 6) is -0.935. The van der Waals surface area contributed by atoms with Gasteiger partial charge >= 0.3 is 5.97 Å². The molecule has 1 N–H and O–H groups in total. The van der Waals surface area contributed by atoms with E-state index >= 15 is 0 Å². The van der Waals surface area contributed by atoms with Crippen LogP contribution in [0.25, 0.3) is 0 Å². The van der Waals surface area contributed by atoms with Crippen LogP contribution in [-0.4, -0.2) is 48.5 Å². The van der Waals surface area contributed by atoms with Crippen molar-refractivity contribution in [3.05, 3.63) is 83.6 Å². The van der Waals surface area contributed by atoms with Crippen LogP contribution in [0.15, 0.2) is 72.4 Å². The number of rotatable bonds is 12. The molecule has 4 atom stereocenters. The molecule has 224 valence electrons. The Morgan fingerprint density at radius 2 is 1.69 bits per heavy atom. The number of unbranched alkanes of at least 4 members (excludes halogenated alkanes) is 1. The summed E-state index contributed by atoms with van der Waals surface area (Å²) >= 11 is 0. The van der Waals surface area contributed by atoms with Crippen molar-refractivity contribution in [2.45, 2.75) is 77.5 Å². The molecule has 5 rings (SSSR count). The number of fused-ring (bicyclic) bond motifs is 1. The zero-order valence-corrected chi connectivity index (χ0v) is 25.1. The van der Waals surface area contributed by atoms with Gasteiger partial charge in [-0.3, -0.25) is 14.4 Å². The molecule has 3 aliphatic rings. The second-order valence-electron chi connectivity index (χ2n) is 12.4. The van der Waals surface area contributed by atoms with Crippen LogP contribution < -0.4 is 5.32 Å². The van der Waals surface area contributed by atoms with E-state index in [2.05, 4.69) is 31.3 Å². The number of carbonyl (C=O) groups is 3. The molecule has 2 heterocycles. The summed E-state index contributed by atoms with van der Waals surface area (Å²) in [6.07, 6.45) is 6.33. The Morgan fingerprint density at radius 3 is 2.31 bits per heavy atom. The van der Waals surface area contributed by atoms with Gasteiger partial charge in [-0.05, 0) is 67.6 Å². The summed E-state index contributed by atoms with van der Waals surface area (Å²) in [5, 5.41) is 3.03. The predicted molar refractivity (Wildman–Crippen MR) is 161 cm³/mol. The number of hydrogen-bond acceptors (Lipinski definition) is 5. The van der Waals surface area contributed by atoms with E-state index in [-0.39, 0.29) is 48.6 Å². The highest BCUT2D eigenvalue weighted by molar-refractivity contribution is 5.92. The number of nitrogens with zero attached hydrogens (tertiary/aromatic N) is 1. The van der Waals surface area contributed by atoms with Crippen molar-refractivity contribution in [1.82, 2.24) is 10.2 Å². The first-order chi connectivity index (χ1) is 20.3. The van der Waals surface area contributed by atoms with E-state index < -0.39 is 17.4 Å². The summed E-state index contributed by atoms with van der Waals surface area (Å²) in [6.45, 7) is 5.06. The number of benzene rings is 2. The van der Waals surface area contributed by atoms with Crippen LogP contribution in [0.4, 0.5) is 0 Å². The first-order valence-electron chi connectivity index (χ1n) is 15.5. The minimum Gasteiger partial charge on any atom is -0.468 e. The molecule has 0 radical (unpaired) electrons. The fourth-order valence-electron chi connectivity index (χ4n) is 6.60. The van der Waals surface area contributed by atoms with Gasteiger partial charge in [-0.15, -0.1) is 0 Å². The number of amides is 2. The Balaban J connectivity index is 1.38. The van der Waals surface area contributed by atoms with Crippen molar-refractivity contribution >= 4 is 17.8 Å². The van der Waals surface area contributed by atoms with Crippen molar-refractivity contribution in [3.8, 4) is 0 Å². The molecule has 0 bridgehead atoms. The molecule has 2 aliphatic heterocycles. The molecule has 0 unspecified atom stereocenters. The molecular weight excluding hydrogens is 528 g/mol. The lowest BCUT2D eigenvalue weighted by atomic mass is 9.64. The monoisotopic (exact) mass is 572 g/mol. The van der Waals surface area contributed by atoms with Crippen LogP contribution in [0.2, 0.25) is 0 Å². The van der Waals surface area contributed by atoms with E-state index in [0.717, 1.165) is 37.7 Å². The Hall–Kier alpha value is -3.45. The van der Waals surface area contributed by atoms with Crippen LogP contribution in [-0.2, 0) is 36.8 Å². The molecule has 0 spiro atoms. The molecule has 7 nitrogen and oxygen atoms in total. The third-order valence-electron chi connectivity index (χ3n) is 8.97. The lowest BCUT2D eigenvalue weighted by molar-refractivity contribution is -0.182. The number of hydrogen-bond donors (Lipinski definition) is 1. The lowest BCUT2D eigenvalue weighted by Gasteiger charge is -2.53. The number of carbonyl (C=O) groups excluding carboxylic acids is 3. The van der Waals surface area contributed by atoms with Crippen molar-refractivity contribution in [3.63, 3.8) is 0 Å². The summed E-state index contributed by atoms with van der Waals surface area (Å²) in [7, 11) is 1.41. The summed E-state index contributed by atoms with van der Waals surface area (Å²) in [4.78, 5) is 43.0. The first-order valence-corrected chi connectivity index (χ1v) is 15.5. The maximum absolute atomic E-state index is 14.2. The maximum atomic E-state index is 14.2. The molecule has 2 aromatic rings. The second kappa shape index (κ2) is 13.2. The number of likely N-dealkylation sites (tertiary alicyclic amines) is 1. The van der Waals surface area contributed by atoms with Gasteiger partial charge in [-0.2, -0.15) is 0 Å². The number of ether oxygens (including phenoxy) is 2. The van der Waals surface area contributed by atoms with E-state index in [1.807, 2.05) is 54.6 Å². The first kappa shape index (κ1) is 30.0. The van der Waals surface area contributed by atoms with Crippen molar-refractivity contribution in [2.75, 3.05) is 13.7 Å². The highest BCUT2D eigenvalue weighted by Gasteiger charge is 2.63. The smallest absolute Gasteiger partial charge is 0.320 e. The molecule has 1 saturated carbocycles. The van der Waals surface area contributed by atoms with E-state index in [9.17, 15) is 14.4 Å². The molecule has 1 saturated heterocycles. The highest BCUT2D eigenvalue weighted by Crippen LogP contribution is 2.56. The van der Waals surface area contributed by atoms with Crippen LogP contribution in [0.1, 0.15) is 63.5 Å². The number of methoxy groups -OCH3 is 1. The summed E-state index contributed by atoms with van der Waals surface area (Å²) in [6, 6.07) is 20.1. The molecule has 2 fully saturated rings. The topological polar surface area (TPSA) is 84.9 Å². The normalized spacial score (nSPS) is 25.5. The largest absolute Gasteiger partial charge is 0.468 e. The molecule has 2 aromatic carbocycles. The van der Waals surface area contributed by atoms with Gasteiger partial charge < -0.3 is 19.7 Å². The van der Waals surface area contributed by atoms with Gasteiger partial charge in [-0.25, -0.2) is 0 Å². The summed E-state index contributed by atoms with van der Waals surface area (Å²) in [5.41, 5.74) is 1.80. The van der Waals surface area contributed by atoms with Gasteiger partial charge in [-0.1, -0.05) is 74.5 Å². The quantitative estimate of drug-likeness (QED) is 0.270. The predicted octanol–water partition coefficient (Wildman–Crippen LogP) is 5.44. The minimum atomic E-state index is -1.13. The fraction of sp³-hybridized carbons (Fsp3) is 0.514. The van der Waals surface area contributed by atoms with Crippen LogP contribution in [0.3, 0.4) is 0 Å². The van der Waals surface area contributed by atoms with Crippen LogP contribution >= 0.6 is 0 Å². The van der Waals surface area contributed by atoms with E-state index in [4.69, 9.17) is 9.47 Å².